The molecular weight excluding hydrogens is 257 g/mol. The zero-order chi connectivity index (χ0) is 13.1. The highest BCUT2D eigenvalue weighted by Gasteiger charge is 2.13. The van der Waals surface area contributed by atoms with E-state index in [2.05, 4.69) is 0 Å². The van der Waals surface area contributed by atoms with Gasteiger partial charge in [-0.15, -0.1) is 11.8 Å². The van der Waals surface area contributed by atoms with Gasteiger partial charge in [-0.2, -0.15) is 0 Å². The molecule has 0 radical (unpaired) electrons. The first-order valence-corrected chi connectivity index (χ1v) is 6.56. The maximum atomic E-state index is 13.4. The Hall–Kier alpha value is -1.42. The molecule has 0 aromatic heterocycles. The van der Waals surface area contributed by atoms with Crippen molar-refractivity contribution in [3.8, 4) is 11.1 Å². The summed E-state index contributed by atoms with van der Waals surface area (Å²) in [7, 11) is 0. The molecule has 18 heavy (non-hydrogen) atoms. The summed E-state index contributed by atoms with van der Waals surface area (Å²) < 4.78 is 38.3. The van der Waals surface area contributed by atoms with Gasteiger partial charge in [0.15, 0.2) is 0 Å². The predicted octanol–water partition coefficient (Wildman–Crippen LogP) is 5.15. The molecule has 0 bridgehead atoms. The van der Waals surface area contributed by atoms with Gasteiger partial charge in [0.2, 0.25) is 0 Å². The Morgan fingerprint density at radius 3 is 2.06 bits per heavy atom. The molecule has 0 fully saturated rings. The van der Waals surface area contributed by atoms with Crippen LogP contribution in [0.15, 0.2) is 47.4 Å². The molecule has 2 aromatic rings. The first kappa shape index (κ1) is 13.0. The molecule has 94 valence electrons. The highest BCUT2D eigenvalue weighted by molar-refractivity contribution is 7.98. The van der Waals surface area contributed by atoms with Gasteiger partial charge in [0, 0.05) is 4.90 Å². The SMILES string of the molecule is CSc1ccc(-c2ccc(C(F)F)c(F)c2)cc1. The number of halogens is 3. The third-order valence-electron chi connectivity index (χ3n) is 2.66. The maximum absolute atomic E-state index is 13.4. The number of hydrogen-bond acceptors (Lipinski definition) is 1. The highest BCUT2D eigenvalue weighted by Crippen LogP contribution is 2.28. The Labute approximate surface area is 108 Å². The second kappa shape index (κ2) is 5.48. The van der Waals surface area contributed by atoms with Gasteiger partial charge in [0.25, 0.3) is 6.43 Å². The summed E-state index contributed by atoms with van der Waals surface area (Å²) >= 11 is 1.61. The van der Waals surface area contributed by atoms with Gasteiger partial charge in [-0.25, -0.2) is 13.2 Å². The molecule has 0 heterocycles. The number of thioether (sulfide) groups is 1. The monoisotopic (exact) mass is 268 g/mol. The zero-order valence-corrected chi connectivity index (χ0v) is 10.5. The van der Waals surface area contributed by atoms with Crippen molar-refractivity contribution in [3.05, 3.63) is 53.8 Å². The standard InChI is InChI=1S/C14H11F3S/c1-18-11-5-2-9(3-6-11)10-4-7-12(14(16)17)13(15)8-10/h2-8,14H,1H3. The molecule has 0 saturated heterocycles. The Balaban J connectivity index is 2.36. The first-order chi connectivity index (χ1) is 8.61. The fraction of sp³-hybridized carbons (Fsp3) is 0.143. The van der Waals surface area contributed by atoms with Crippen molar-refractivity contribution in [2.75, 3.05) is 6.26 Å². The molecule has 2 rings (SSSR count). The van der Waals surface area contributed by atoms with Crippen LogP contribution in [-0.4, -0.2) is 6.26 Å². The van der Waals surface area contributed by atoms with Crippen LogP contribution in [0.3, 0.4) is 0 Å². The van der Waals surface area contributed by atoms with Gasteiger partial charge < -0.3 is 0 Å². The largest absolute Gasteiger partial charge is 0.266 e. The van der Waals surface area contributed by atoms with E-state index in [0.717, 1.165) is 22.6 Å². The first-order valence-electron chi connectivity index (χ1n) is 5.34. The van der Waals surface area contributed by atoms with Crippen LogP contribution >= 0.6 is 11.8 Å². The minimum atomic E-state index is -2.78. The third kappa shape index (κ3) is 2.70. The lowest BCUT2D eigenvalue weighted by Crippen LogP contribution is -1.91. The van der Waals surface area contributed by atoms with Crippen LogP contribution in [0.4, 0.5) is 13.2 Å². The molecule has 0 spiro atoms. The molecule has 0 aliphatic rings. The van der Waals surface area contributed by atoms with Gasteiger partial charge in [-0.05, 0) is 41.6 Å². The average Bonchev–Trinajstić information content (AvgIpc) is 2.38. The summed E-state index contributed by atoms with van der Waals surface area (Å²) in [6.45, 7) is 0. The lowest BCUT2D eigenvalue weighted by atomic mass is 10.0. The number of benzene rings is 2. The van der Waals surface area contributed by atoms with Crippen molar-refractivity contribution in [2.24, 2.45) is 0 Å². The molecule has 2 aromatic carbocycles. The Kier molecular flexibility index (Phi) is 3.97. The summed E-state index contributed by atoms with van der Waals surface area (Å²) in [6.07, 6.45) is -0.815. The fourth-order valence-electron chi connectivity index (χ4n) is 1.67. The Morgan fingerprint density at radius 1 is 0.944 bits per heavy atom. The van der Waals surface area contributed by atoms with Crippen LogP contribution in [0.1, 0.15) is 12.0 Å². The van der Waals surface area contributed by atoms with Crippen LogP contribution in [0.25, 0.3) is 11.1 Å². The van der Waals surface area contributed by atoms with E-state index < -0.39 is 17.8 Å². The Morgan fingerprint density at radius 2 is 1.56 bits per heavy atom. The van der Waals surface area contributed by atoms with E-state index in [1.807, 2.05) is 30.5 Å². The van der Waals surface area contributed by atoms with E-state index in [1.54, 1.807) is 11.8 Å². The fourth-order valence-corrected chi connectivity index (χ4v) is 2.08. The molecule has 0 saturated carbocycles. The van der Waals surface area contributed by atoms with Crippen LogP contribution < -0.4 is 0 Å². The average molecular weight is 268 g/mol. The summed E-state index contributed by atoms with van der Waals surface area (Å²) in [5.41, 5.74) is 0.858. The van der Waals surface area contributed by atoms with Crippen LogP contribution in [0.5, 0.6) is 0 Å². The highest BCUT2D eigenvalue weighted by atomic mass is 32.2. The smallest absolute Gasteiger partial charge is 0.206 e. The number of rotatable bonds is 3. The van der Waals surface area contributed by atoms with Gasteiger partial charge in [0.1, 0.15) is 5.82 Å². The van der Waals surface area contributed by atoms with Crippen molar-refractivity contribution in [1.29, 1.82) is 0 Å². The zero-order valence-electron chi connectivity index (χ0n) is 9.66. The molecule has 0 nitrogen and oxygen atoms in total. The summed E-state index contributed by atoms with van der Waals surface area (Å²) in [5, 5.41) is 0. The van der Waals surface area contributed by atoms with Crippen LogP contribution in [0, 0.1) is 5.82 Å². The van der Waals surface area contributed by atoms with E-state index in [4.69, 9.17) is 0 Å². The van der Waals surface area contributed by atoms with Crippen molar-refractivity contribution >= 4 is 11.8 Å². The van der Waals surface area contributed by atoms with Gasteiger partial charge in [-0.3, -0.25) is 0 Å². The van der Waals surface area contributed by atoms with Crippen molar-refractivity contribution in [2.45, 2.75) is 11.3 Å². The third-order valence-corrected chi connectivity index (χ3v) is 3.40. The molecule has 0 aliphatic heterocycles. The number of alkyl halides is 2. The van der Waals surface area contributed by atoms with Crippen molar-refractivity contribution in [3.63, 3.8) is 0 Å². The molecule has 0 unspecified atom stereocenters. The lowest BCUT2D eigenvalue weighted by molar-refractivity contribution is 0.146. The molecule has 0 amide bonds. The van der Waals surface area contributed by atoms with E-state index in [0.29, 0.717) is 5.56 Å². The van der Waals surface area contributed by atoms with E-state index in [-0.39, 0.29) is 0 Å². The summed E-state index contributed by atoms with van der Waals surface area (Å²) in [4.78, 5) is 1.10. The minimum Gasteiger partial charge on any atom is -0.206 e. The second-order valence-electron chi connectivity index (χ2n) is 3.77. The topological polar surface area (TPSA) is 0 Å². The van der Waals surface area contributed by atoms with Crippen molar-refractivity contribution in [1.82, 2.24) is 0 Å². The molecule has 0 N–H and O–H groups in total. The predicted molar refractivity (Wildman–Crippen MR) is 68.6 cm³/mol. The quantitative estimate of drug-likeness (QED) is 0.693. The van der Waals surface area contributed by atoms with Crippen molar-refractivity contribution < 1.29 is 13.2 Å². The minimum absolute atomic E-state index is 0.556. The summed E-state index contributed by atoms with van der Waals surface area (Å²) in [6, 6.07) is 11.3. The van der Waals surface area contributed by atoms with E-state index in [1.165, 1.54) is 6.07 Å². The van der Waals surface area contributed by atoms with Crippen LogP contribution in [-0.2, 0) is 0 Å². The maximum Gasteiger partial charge on any atom is 0.266 e. The van der Waals surface area contributed by atoms with E-state index in [9.17, 15) is 13.2 Å². The van der Waals surface area contributed by atoms with Crippen LogP contribution in [0.2, 0.25) is 0 Å². The summed E-state index contributed by atoms with van der Waals surface area (Å²) in [5.74, 6) is -0.864. The van der Waals surface area contributed by atoms with Gasteiger partial charge in [-0.1, -0.05) is 18.2 Å². The molecule has 4 heteroatoms. The lowest BCUT2D eigenvalue weighted by Gasteiger charge is -2.06. The second-order valence-corrected chi connectivity index (χ2v) is 4.65. The van der Waals surface area contributed by atoms with E-state index >= 15 is 0 Å². The van der Waals surface area contributed by atoms with Gasteiger partial charge in [0.05, 0.1) is 5.56 Å². The molecular formula is C14H11F3S. The molecule has 0 aliphatic carbocycles. The normalized spacial score (nSPS) is 10.9. The molecule has 0 atom stereocenters. The van der Waals surface area contributed by atoms with Gasteiger partial charge >= 0.3 is 0 Å². The Bertz CT molecular complexity index is 535. The number of hydrogen-bond donors (Lipinski definition) is 0.